The third-order valence-corrected chi connectivity index (χ3v) is 6.92. The van der Waals surface area contributed by atoms with Crippen LogP contribution in [0.3, 0.4) is 0 Å². The van der Waals surface area contributed by atoms with Gasteiger partial charge >= 0.3 is 0 Å². The molecule has 1 amide bonds. The summed E-state index contributed by atoms with van der Waals surface area (Å²) in [7, 11) is 0. The summed E-state index contributed by atoms with van der Waals surface area (Å²) in [6.07, 6.45) is 2.83. The topological polar surface area (TPSA) is 42.0 Å². The number of carbonyl (C=O) groups is 1. The number of hydrogen-bond acceptors (Lipinski definition) is 4. The van der Waals surface area contributed by atoms with Gasteiger partial charge in [-0.25, -0.2) is 0 Å². The van der Waals surface area contributed by atoms with Crippen molar-refractivity contribution < 1.29 is 14.3 Å². The van der Waals surface area contributed by atoms with Gasteiger partial charge in [0.1, 0.15) is 0 Å². The second-order valence-corrected chi connectivity index (χ2v) is 10.5. The van der Waals surface area contributed by atoms with Gasteiger partial charge in [0.2, 0.25) is 5.91 Å². The van der Waals surface area contributed by atoms with Crippen molar-refractivity contribution in [1.82, 2.24) is 9.80 Å². The van der Waals surface area contributed by atoms with Crippen molar-refractivity contribution in [3.05, 3.63) is 58.1 Å². The van der Waals surface area contributed by atoms with Crippen LogP contribution in [0.25, 0.3) is 0 Å². The predicted molar refractivity (Wildman–Crippen MR) is 136 cm³/mol. The second-order valence-electron chi connectivity index (χ2n) is 10.1. The molecule has 2 aliphatic heterocycles. The number of ether oxygens (including phenoxy) is 2. The van der Waals surface area contributed by atoms with Gasteiger partial charge in [0.25, 0.3) is 0 Å². The Morgan fingerprint density at radius 2 is 1.97 bits per heavy atom. The van der Waals surface area contributed by atoms with Crippen molar-refractivity contribution in [3.63, 3.8) is 0 Å². The number of amides is 1. The van der Waals surface area contributed by atoms with Gasteiger partial charge in [0.05, 0.1) is 24.2 Å². The van der Waals surface area contributed by atoms with Gasteiger partial charge in [-0.1, -0.05) is 49.7 Å². The smallest absolute Gasteiger partial charge is 0.227 e. The first-order valence-corrected chi connectivity index (χ1v) is 12.9. The highest BCUT2D eigenvalue weighted by atomic mass is 35.5. The average molecular weight is 485 g/mol. The van der Waals surface area contributed by atoms with Crippen LogP contribution in [-0.2, 0) is 17.9 Å². The highest BCUT2D eigenvalue weighted by Crippen LogP contribution is 2.38. The van der Waals surface area contributed by atoms with Crippen molar-refractivity contribution in [2.45, 2.75) is 53.1 Å². The number of halogens is 1. The summed E-state index contributed by atoms with van der Waals surface area (Å²) >= 11 is 6.53. The molecule has 1 fully saturated rings. The molecular formula is C28H37ClN2O3. The summed E-state index contributed by atoms with van der Waals surface area (Å²) in [5.74, 6) is 1.94. The van der Waals surface area contributed by atoms with Crippen LogP contribution in [-0.4, -0.2) is 48.6 Å². The number of piperidine rings is 1. The molecule has 1 atom stereocenters. The molecule has 5 nitrogen and oxygen atoms in total. The van der Waals surface area contributed by atoms with Crippen molar-refractivity contribution >= 4 is 17.5 Å². The standard InChI is InChI=1S/C28H37ClN2O3/c1-20(2)16-31(17-22-14-25(29)27-26(15-22)33-12-7-13-34-27)28(32)24-10-6-11-30(19-24)18-23-9-5-4-8-21(23)3/h4-5,8-9,14-15,20,24H,6-7,10-13,16-19H2,1-3H3/t24-/m1/s1. The van der Waals surface area contributed by atoms with E-state index in [9.17, 15) is 4.79 Å². The monoisotopic (exact) mass is 484 g/mol. The van der Waals surface area contributed by atoms with E-state index in [-0.39, 0.29) is 11.8 Å². The third kappa shape index (κ3) is 6.25. The summed E-state index contributed by atoms with van der Waals surface area (Å²) in [6, 6.07) is 12.4. The molecule has 4 rings (SSSR count). The number of fused-ring (bicyclic) bond motifs is 1. The predicted octanol–water partition coefficient (Wildman–Crippen LogP) is 5.71. The fraction of sp³-hybridized carbons (Fsp3) is 0.536. The van der Waals surface area contributed by atoms with Crippen LogP contribution >= 0.6 is 11.6 Å². The Morgan fingerprint density at radius 1 is 1.18 bits per heavy atom. The van der Waals surface area contributed by atoms with E-state index in [1.165, 1.54) is 11.1 Å². The minimum Gasteiger partial charge on any atom is -0.489 e. The molecule has 2 aromatic carbocycles. The van der Waals surface area contributed by atoms with E-state index in [0.717, 1.165) is 51.0 Å². The molecule has 2 aromatic rings. The minimum atomic E-state index is 0.0207. The number of hydrogen-bond donors (Lipinski definition) is 0. The molecule has 34 heavy (non-hydrogen) atoms. The van der Waals surface area contributed by atoms with E-state index in [2.05, 4.69) is 49.9 Å². The zero-order valence-electron chi connectivity index (χ0n) is 20.7. The van der Waals surface area contributed by atoms with Crippen LogP contribution in [0.5, 0.6) is 11.5 Å². The summed E-state index contributed by atoms with van der Waals surface area (Å²) in [5, 5.41) is 0.549. The summed E-state index contributed by atoms with van der Waals surface area (Å²) < 4.78 is 11.6. The van der Waals surface area contributed by atoms with Crippen molar-refractivity contribution in [1.29, 1.82) is 0 Å². The van der Waals surface area contributed by atoms with Crippen LogP contribution in [0.15, 0.2) is 36.4 Å². The molecule has 0 aromatic heterocycles. The van der Waals surface area contributed by atoms with Crippen molar-refractivity contribution in [2.24, 2.45) is 11.8 Å². The summed E-state index contributed by atoms with van der Waals surface area (Å²) in [6.45, 7) is 11.7. The molecule has 1 saturated heterocycles. The van der Waals surface area contributed by atoms with E-state index >= 15 is 0 Å². The molecule has 0 bridgehead atoms. The van der Waals surface area contributed by atoms with Gasteiger partial charge in [-0.2, -0.15) is 0 Å². The largest absolute Gasteiger partial charge is 0.489 e. The van der Waals surface area contributed by atoms with Crippen LogP contribution < -0.4 is 9.47 Å². The number of carbonyl (C=O) groups excluding carboxylic acids is 1. The SMILES string of the molecule is Cc1ccccc1CN1CCC[C@@H](C(=O)N(Cc2cc(Cl)c3c(c2)OCCCO3)CC(C)C)C1. The number of rotatable bonds is 7. The average Bonchev–Trinajstić information content (AvgIpc) is 3.06. The maximum absolute atomic E-state index is 13.7. The summed E-state index contributed by atoms with van der Waals surface area (Å²) in [4.78, 5) is 18.2. The second kappa shape index (κ2) is 11.5. The van der Waals surface area contributed by atoms with Gasteiger partial charge in [0.15, 0.2) is 11.5 Å². The van der Waals surface area contributed by atoms with E-state index < -0.39 is 0 Å². The van der Waals surface area contributed by atoms with E-state index in [1.807, 2.05) is 17.0 Å². The maximum atomic E-state index is 13.7. The van der Waals surface area contributed by atoms with Crippen LogP contribution in [0.1, 0.15) is 49.8 Å². The normalized spacial score (nSPS) is 18.6. The Morgan fingerprint density at radius 3 is 2.76 bits per heavy atom. The molecule has 2 heterocycles. The van der Waals surface area contributed by atoms with Gasteiger partial charge < -0.3 is 14.4 Å². The Bertz CT molecular complexity index is 994. The third-order valence-electron chi connectivity index (χ3n) is 6.64. The highest BCUT2D eigenvalue weighted by Gasteiger charge is 2.30. The molecule has 2 aliphatic rings. The van der Waals surface area contributed by atoms with E-state index in [1.54, 1.807) is 0 Å². The fourth-order valence-corrected chi connectivity index (χ4v) is 5.24. The van der Waals surface area contributed by atoms with Crippen LogP contribution in [0.4, 0.5) is 0 Å². The Kier molecular flexibility index (Phi) is 8.38. The number of benzene rings is 2. The lowest BCUT2D eigenvalue weighted by Gasteiger charge is -2.36. The molecule has 6 heteroatoms. The molecule has 0 radical (unpaired) electrons. The van der Waals surface area contributed by atoms with Crippen LogP contribution in [0, 0.1) is 18.8 Å². The number of aryl methyl sites for hydroxylation is 1. The first kappa shape index (κ1) is 24.9. The summed E-state index contributed by atoms with van der Waals surface area (Å²) in [5.41, 5.74) is 3.64. The minimum absolute atomic E-state index is 0.0207. The maximum Gasteiger partial charge on any atom is 0.227 e. The molecule has 0 N–H and O–H groups in total. The molecule has 184 valence electrons. The molecular weight excluding hydrogens is 448 g/mol. The zero-order chi connectivity index (χ0) is 24.1. The lowest BCUT2D eigenvalue weighted by atomic mass is 9.95. The van der Waals surface area contributed by atoms with Gasteiger partial charge in [-0.3, -0.25) is 9.69 Å². The molecule has 0 spiro atoms. The molecule has 0 aliphatic carbocycles. The van der Waals surface area contributed by atoms with Crippen LogP contribution in [0.2, 0.25) is 5.02 Å². The van der Waals surface area contributed by atoms with Crippen molar-refractivity contribution in [3.8, 4) is 11.5 Å². The Labute approximate surface area is 209 Å². The first-order valence-electron chi connectivity index (χ1n) is 12.5. The first-order chi connectivity index (χ1) is 16.4. The highest BCUT2D eigenvalue weighted by molar-refractivity contribution is 6.32. The Hall–Kier alpha value is -2.24. The van der Waals surface area contributed by atoms with Gasteiger partial charge in [-0.05, 0) is 61.1 Å². The lowest BCUT2D eigenvalue weighted by molar-refractivity contribution is -0.138. The number of likely N-dealkylation sites (tertiary alicyclic amines) is 1. The number of nitrogens with zero attached hydrogens (tertiary/aromatic N) is 2. The Balaban J connectivity index is 1.47. The van der Waals surface area contributed by atoms with E-state index in [4.69, 9.17) is 21.1 Å². The fourth-order valence-electron chi connectivity index (χ4n) is 4.96. The van der Waals surface area contributed by atoms with Gasteiger partial charge in [0, 0.05) is 32.6 Å². The van der Waals surface area contributed by atoms with E-state index in [0.29, 0.717) is 42.2 Å². The lowest BCUT2D eigenvalue weighted by Crippen LogP contribution is -2.45. The van der Waals surface area contributed by atoms with Crippen molar-refractivity contribution in [2.75, 3.05) is 32.8 Å². The molecule has 0 saturated carbocycles. The zero-order valence-corrected chi connectivity index (χ0v) is 21.4. The van der Waals surface area contributed by atoms with Gasteiger partial charge in [-0.15, -0.1) is 0 Å². The quantitative estimate of drug-likeness (QED) is 0.505. The molecule has 0 unspecified atom stereocenters.